The number of hydrogen-bond donors (Lipinski definition) is 0. The summed E-state index contributed by atoms with van der Waals surface area (Å²) in [5.41, 5.74) is 5.62. The van der Waals surface area contributed by atoms with E-state index < -0.39 is 0 Å². The lowest BCUT2D eigenvalue weighted by Crippen LogP contribution is -2.33. The van der Waals surface area contributed by atoms with Crippen LogP contribution in [0.5, 0.6) is 0 Å². The Labute approximate surface area is 150 Å². The first-order valence-electron chi connectivity index (χ1n) is 9.26. The highest BCUT2D eigenvalue weighted by Gasteiger charge is 2.40. The maximum atomic E-state index is 2.35. The molecular weight excluding hydrogens is 300 g/mol. The first-order valence-corrected chi connectivity index (χ1v) is 9.26. The third-order valence-electron chi connectivity index (χ3n) is 5.40. The van der Waals surface area contributed by atoms with E-state index in [1.165, 1.54) is 22.3 Å². The average molecular weight is 324 g/mol. The van der Waals surface area contributed by atoms with E-state index in [-0.39, 0.29) is 5.41 Å². The van der Waals surface area contributed by atoms with Gasteiger partial charge in [-0.1, -0.05) is 108 Å². The molecule has 0 N–H and O–H groups in total. The molecule has 0 saturated heterocycles. The minimum absolute atomic E-state index is 0.155. The van der Waals surface area contributed by atoms with Crippen LogP contribution in [0.1, 0.15) is 36.8 Å². The van der Waals surface area contributed by atoms with E-state index in [0.29, 0.717) is 0 Å². The van der Waals surface area contributed by atoms with Gasteiger partial charge in [-0.15, -0.1) is 0 Å². The smallest absolute Gasteiger partial charge is 0.0627 e. The van der Waals surface area contributed by atoms with Crippen LogP contribution >= 0.6 is 0 Å². The van der Waals surface area contributed by atoms with Crippen molar-refractivity contribution in [1.82, 2.24) is 0 Å². The summed E-state index contributed by atoms with van der Waals surface area (Å²) in [4.78, 5) is 0. The van der Waals surface area contributed by atoms with Gasteiger partial charge >= 0.3 is 0 Å². The third-order valence-corrected chi connectivity index (χ3v) is 5.40. The fraction of sp³-hybridized carbons (Fsp3) is 0.200. The van der Waals surface area contributed by atoms with Gasteiger partial charge in [-0.05, 0) is 36.8 Å². The van der Waals surface area contributed by atoms with Crippen molar-refractivity contribution in [2.24, 2.45) is 0 Å². The molecule has 0 aliphatic heterocycles. The lowest BCUT2D eigenvalue weighted by atomic mass is 9.61. The molecule has 2 aliphatic carbocycles. The topological polar surface area (TPSA) is 0 Å². The number of hydrogen-bond acceptors (Lipinski definition) is 0. The Morgan fingerprint density at radius 2 is 1.00 bits per heavy atom. The van der Waals surface area contributed by atoms with Crippen LogP contribution in [0, 0.1) is 0 Å². The fourth-order valence-corrected chi connectivity index (χ4v) is 4.32. The summed E-state index contributed by atoms with van der Waals surface area (Å²) < 4.78 is 0. The van der Waals surface area contributed by atoms with Crippen molar-refractivity contribution in [3.05, 3.63) is 119 Å². The van der Waals surface area contributed by atoms with Crippen LogP contribution in [0.15, 0.2) is 108 Å². The van der Waals surface area contributed by atoms with E-state index in [2.05, 4.69) is 97.1 Å². The standard InChI is InChI=1S/C25H24/c1-5-13-21(14-6-1)25(22-15-7-2-8-16-22,23-17-9-3-10-18-23)24-19-11-4-12-20-24/h1-9,11,13-17,19H,10,12,18,20H2. The van der Waals surface area contributed by atoms with Crippen LogP contribution in [0.2, 0.25) is 0 Å². The van der Waals surface area contributed by atoms with Crippen LogP contribution in [0.3, 0.4) is 0 Å². The molecule has 0 spiro atoms. The summed E-state index contributed by atoms with van der Waals surface area (Å²) in [5.74, 6) is 0. The molecule has 2 aliphatic rings. The van der Waals surface area contributed by atoms with Gasteiger partial charge in [0.1, 0.15) is 0 Å². The Morgan fingerprint density at radius 1 is 0.560 bits per heavy atom. The molecule has 0 bridgehead atoms. The zero-order chi connectivity index (χ0) is 17.0. The molecule has 124 valence electrons. The first-order chi connectivity index (χ1) is 12.4. The third kappa shape index (κ3) is 2.82. The summed E-state index contributed by atoms with van der Waals surface area (Å²) >= 11 is 0. The van der Waals surface area contributed by atoms with Gasteiger partial charge in [0.25, 0.3) is 0 Å². The van der Waals surface area contributed by atoms with E-state index in [1.54, 1.807) is 0 Å². The second-order valence-electron chi connectivity index (χ2n) is 6.80. The van der Waals surface area contributed by atoms with Crippen molar-refractivity contribution in [1.29, 1.82) is 0 Å². The van der Waals surface area contributed by atoms with Crippen molar-refractivity contribution in [2.45, 2.75) is 31.1 Å². The zero-order valence-corrected chi connectivity index (χ0v) is 14.6. The Balaban J connectivity index is 2.04. The van der Waals surface area contributed by atoms with Crippen LogP contribution in [-0.4, -0.2) is 0 Å². The van der Waals surface area contributed by atoms with Gasteiger partial charge in [0.15, 0.2) is 0 Å². The Morgan fingerprint density at radius 3 is 1.36 bits per heavy atom. The van der Waals surface area contributed by atoms with E-state index in [0.717, 1.165) is 25.7 Å². The Hall–Kier alpha value is -2.60. The molecule has 2 aromatic rings. The van der Waals surface area contributed by atoms with Crippen molar-refractivity contribution in [3.8, 4) is 0 Å². The monoisotopic (exact) mass is 324 g/mol. The molecule has 0 fully saturated rings. The Kier molecular flexibility index (Phi) is 4.52. The molecule has 0 aromatic heterocycles. The minimum Gasteiger partial charge on any atom is -0.0842 e. The zero-order valence-electron chi connectivity index (χ0n) is 14.6. The maximum absolute atomic E-state index is 2.35. The summed E-state index contributed by atoms with van der Waals surface area (Å²) in [6.45, 7) is 0. The number of allylic oxidation sites excluding steroid dienone is 8. The van der Waals surface area contributed by atoms with Crippen LogP contribution in [0.25, 0.3) is 0 Å². The van der Waals surface area contributed by atoms with Crippen LogP contribution in [-0.2, 0) is 5.41 Å². The van der Waals surface area contributed by atoms with Gasteiger partial charge in [-0.2, -0.15) is 0 Å². The molecule has 0 heterocycles. The molecule has 0 heteroatoms. The highest BCUT2D eigenvalue weighted by molar-refractivity contribution is 5.59. The van der Waals surface area contributed by atoms with E-state index in [9.17, 15) is 0 Å². The lowest BCUT2D eigenvalue weighted by Gasteiger charge is -2.41. The highest BCUT2D eigenvalue weighted by Crippen LogP contribution is 2.49. The van der Waals surface area contributed by atoms with Crippen molar-refractivity contribution < 1.29 is 0 Å². The molecule has 4 rings (SSSR count). The lowest BCUT2D eigenvalue weighted by molar-refractivity contribution is 0.629. The van der Waals surface area contributed by atoms with Gasteiger partial charge in [0, 0.05) is 0 Å². The molecule has 0 radical (unpaired) electrons. The van der Waals surface area contributed by atoms with Gasteiger partial charge < -0.3 is 0 Å². The van der Waals surface area contributed by atoms with Crippen LogP contribution in [0.4, 0.5) is 0 Å². The largest absolute Gasteiger partial charge is 0.0842 e. The molecule has 0 unspecified atom stereocenters. The molecule has 0 atom stereocenters. The number of benzene rings is 2. The van der Waals surface area contributed by atoms with Crippen molar-refractivity contribution in [3.63, 3.8) is 0 Å². The van der Waals surface area contributed by atoms with E-state index in [4.69, 9.17) is 0 Å². The Bertz CT molecular complexity index is 759. The van der Waals surface area contributed by atoms with Gasteiger partial charge in [-0.25, -0.2) is 0 Å². The van der Waals surface area contributed by atoms with Crippen LogP contribution < -0.4 is 0 Å². The molecule has 0 amide bonds. The predicted octanol–water partition coefficient (Wildman–Crippen LogP) is 6.53. The highest BCUT2D eigenvalue weighted by atomic mass is 14.4. The predicted molar refractivity (Wildman–Crippen MR) is 107 cm³/mol. The van der Waals surface area contributed by atoms with Gasteiger partial charge in [0.05, 0.1) is 5.41 Å². The summed E-state index contributed by atoms with van der Waals surface area (Å²) in [5, 5.41) is 0. The second kappa shape index (κ2) is 7.11. The summed E-state index contributed by atoms with van der Waals surface area (Å²) in [6, 6.07) is 22.1. The molecule has 0 saturated carbocycles. The van der Waals surface area contributed by atoms with Crippen molar-refractivity contribution in [2.75, 3.05) is 0 Å². The molecular formula is C25H24. The van der Waals surface area contributed by atoms with Crippen molar-refractivity contribution >= 4 is 0 Å². The fourth-order valence-electron chi connectivity index (χ4n) is 4.32. The maximum Gasteiger partial charge on any atom is 0.0627 e. The molecule has 0 nitrogen and oxygen atoms in total. The minimum atomic E-state index is -0.155. The van der Waals surface area contributed by atoms with E-state index >= 15 is 0 Å². The van der Waals surface area contributed by atoms with E-state index in [1.807, 2.05) is 0 Å². The SMILES string of the molecule is C1=CCCC(C(C2=CC=CCC2)(c2ccccc2)c2ccccc2)=C1. The van der Waals surface area contributed by atoms with Gasteiger partial charge in [-0.3, -0.25) is 0 Å². The quantitative estimate of drug-likeness (QED) is 0.600. The average Bonchev–Trinajstić information content (AvgIpc) is 2.72. The summed E-state index contributed by atoms with van der Waals surface area (Å²) in [6.07, 6.45) is 18.2. The molecule has 2 aromatic carbocycles. The first kappa shape index (κ1) is 15.9. The summed E-state index contributed by atoms with van der Waals surface area (Å²) in [7, 11) is 0. The second-order valence-corrected chi connectivity index (χ2v) is 6.80. The molecule has 25 heavy (non-hydrogen) atoms. The van der Waals surface area contributed by atoms with Gasteiger partial charge in [0.2, 0.25) is 0 Å². The number of rotatable bonds is 4. The normalized spacial score (nSPS) is 17.1.